The molecule has 2 heteroatoms. The van der Waals surface area contributed by atoms with E-state index in [4.69, 9.17) is 0 Å². The van der Waals surface area contributed by atoms with Gasteiger partial charge in [0.2, 0.25) is 0 Å². The molecule has 0 amide bonds. The Bertz CT molecular complexity index is 246. The quantitative estimate of drug-likeness (QED) is 0.694. The zero-order valence-corrected chi connectivity index (χ0v) is 7.86. The van der Waals surface area contributed by atoms with Crippen LogP contribution in [-0.4, -0.2) is 12.3 Å². The van der Waals surface area contributed by atoms with Gasteiger partial charge in [-0.1, -0.05) is 30.3 Å². The molecule has 0 fully saturated rings. The van der Waals surface area contributed by atoms with Crippen LogP contribution < -0.4 is 5.32 Å². The Balaban J connectivity index is 2.30. The van der Waals surface area contributed by atoms with Crippen LogP contribution in [0.25, 0.3) is 0 Å². The zero-order valence-electron chi connectivity index (χ0n) is 7.86. The second-order valence-electron chi connectivity index (χ2n) is 3.17. The molecule has 1 N–H and O–H groups in total. The number of nitrogens with one attached hydrogen (secondary N) is 1. The molecule has 1 atom stereocenters. The maximum absolute atomic E-state index is 10.2. The van der Waals surface area contributed by atoms with Crippen molar-refractivity contribution in [3.05, 3.63) is 35.9 Å². The van der Waals surface area contributed by atoms with E-state index in [1.54, 1.807) is 0 Å². The minimum absolute atomic E-state index is 0.262. The van der Waals surface area contributed by atoms with E-state index < -0.39 is 0 Å². The van der Waals surface area contributed by atoms with Crippen molar-refractivity contribution in [3.63, 3.8) is 0 Å². The first-order chi connectivity index (χ1) is 6.33. The largest absolute Gasteiger partial charge is 0.310 e. The number of rotatable bonds is 5. The Hall–Kier alpha value is -1.15. The normalized spacial score (nSPS) is 12.4. The number of carbonyl (C=O) groups excluding carboxylic acids is 1. The molecule has 13 heavy (non-hydrogen) atoms. The summed E-state index contributed by atoms with van der Waals surface area (Å²) in [6.45, 7) is 2.84. The summed E-state index contributed by atoms with van der Waals surface area (Å²) >= 11 is 0. The van der Waals surface area contributed by atoms with Gasteiger partial charge in [-0.25, -0.2) is 0 Å². The Morgan fingerprint density at radius 2 is 2.08 bits per heavy atom. The summed E-state index contributed by atoms with van der Waals surface area (Å²) in [6.07, 6.45) is 1.52. The predicted molar refractivity (Wildman–Crippen MR) is 53.4 cm³/mol. The fourth-order valence-electron chi connectivity index (χ4n) is 1.12. The number of hydrogen-bond donors (Lipinski definition) is 1. The van der Waals surface area contributed by atoms with Crippen molar-refractivity contribution in [2.45, 2.75) is 25.9 Å². The molecule has 0 bridgehead atoms. The maximum atomic E-state index is 10.2. The van der Waals surface area contributed by atoms with Crippen LogP contribution >= 0.6 is 0 Å². The molecule has 1 aromatic carbocycles. The molecule has 0 spiro atoms. The highest BCUT2D eigenvalue weighted by Gasteiger charge is 1.98. The van der Waals surface area contributed by atoms with Crippen LogP contribution in [0.2, 0.25) is 0 Å². The molecule has 0 heterocycles. The molecule has 0 radical (unpaired) electrons. The first-order valence-electron chi connectivity index (χ1n) is 4.54. The molecule has 0 aliphatic heterocycles. The summed E-state index contributed by atoms with van der Waals surface area (Å²) in [5.74, 6) is 0. The molecular weight excluding hydrogens is 162 g/mol. The van der Waals surface area contributed by atoms with Gasteiger partial charge in [-0.15, -0.1) is 0 Å². The second kappa shape index (κ2) is 5.49. The molecule has 0 aliphatic rings. The van der Waals surface area contributed by atoms with Crippen molar-refractivity contribution in [3.8, 4) is 0 Å². The summed E-state index contributed by atoms with van der Waals surface area (Å²) in [6, 6.07) is 10.4. The lowest BCUT2D eigenvalue weighted by Gasteiger charge is -2.09. The van der Waals surface area contributed by atoms with Crippen LogP contribution in [0.15, 0.2) is 30.3 Å². The summed E-state index contributed by atoms with van der Waals surface area (Å²) in [7, 11) is 0. The third-order valence-corrected chi connectivity index (χ3v) is 1.95. The topological polar surface area (TPSA) is 29.1 Å². The maximum Gasteiger partial charge on any atom is 0.121 e. The standard InChI is InChI=1S/C11H15NO/c1-10(7-8-13)12-9-11-5-3-2-4-6-11/h2-6,8,10,12H,7,9H2,1H3/t10-/m0/s1. The fourth-order valence-corrected chi connectivity index (χ4v) is 1.12. The van der Waals surface area contributed by atoms with Crippen LogP contribution in [0, 0.1) is 0 Å². The molecule has 2 nitrogen and oxygen atoms in total. The average Bonchev–Trinajstić information content (AvgIpc) is 2.17. The predicted octanol–water partition coefficient (Wildman–Crippen LogP) is 1.75. The van der Waals surface area contributed by atoms with Gasteiger partial charge in [0.25, 0.3) is 0 Å². The van der Waals surface area contributed by atoms with Crippen molar-refractivity contribution in [1.29, 1.82) is 0 Å². The zero-order chi connectivity index (χ0) is 9.52. The third-order valence-electron chi connectivity index (χ3n) is 1.95. The van der Waals surface area contributed by atoms with Gasteiger partial charge in [-0.3, -0.25) is 0 Å². The number of carbonyl (C=O) groups is 1. The molecule has 0 saturated carbocycles. The highest BCUT2D eigenvalue weighted by molar-refractivity contribution is 5.50. The van der Waals surface area contributed by atoms with E-state index in [9.17, 15) is 4.79 Å². The van der Waals surface area contributed by atoms with E-state index in [1.807, 2.05) is 25.1 Å². The van der Waals surface area contributed by atoms with E-state index in [1.165, 1.54) is 5.56 Å². The third kappa shape index (κ3) is 3.85. The average molecular weight is 177 g/mol. The molecular formula is C11H15NO. The lowest BCUT2D eigenvalue weighted by molar-refractivity contribution is -0.108. The highest BCUT2D eigenvalue weighted by Crippen LogP contribution is 1.98. The van der Waals surface area contributed by atoms with Crippen LogP contribution in [0.3, 0.4) is 0 Å². The van der Waals surface area contributed by atoms with Gasteiger partial charge in [-0.05, 0) is 12.5 Å². The molecule has 70 valence electrons. The number of aldehydes is 1. The van der Waals surface area contributed by atoms with Gasteiger partial charge in [0, 0.05) is 19.0 Å². The van der Waals surface area contributed by atoms with Gasteiger partial charge < -0.3 is 10.1 Å². The van der Waals surface area contributed by atoms with Gasteiger partial charge in [-0.2, -0.15) is 0 Å². The van der Waals surface area contributed by atoms with Crippen molar-refractivity contribution in [2.24, 2.45) is 0 Å². The minimum atomic E-state index is 0.262. The van der Waals surface area contributed by atoms with E-state index in [-0.39, 0.29) is 6.04 Å². The van der Waals surface area contributed by atoms with E-state index in [0.717, 1.165) is 12.8 Å². The Kier molecular flexibility index (Phi) is 4.19. The molecule has 0 saturated heterocycles. The van der Waals surface area contributed by atoms with Gasteiger partial charge in [0.15, 0.2) is 0 Å². The van der Waals surface area contributed by atoms with Crippen molar-refractivity contribution in [1.82, 2.24) is 5.32 Å². The second-order valence-corrected chi connectivity index (χ2v) is 3.17. The monoisotopic (exact) mass is 177 g/mol. The smallest absolute Gasteiger partial charge is 0.121 e. The van der Waals surface area contributed by atoms with Crippen molar-refractivity contribution < 1.29 is 4.79 Å². The summed E-state index contributed by atoms with van der Waals surface area (Å²) in [5.41, 5.74) is 1.25. The Morgan fingerprint density at radius 1 is 1.38 bits per heavy atom. The fraction of sp³-hybridized carbons (Fsp3) is 0.364. The summed E-state index contributed by atoms with van der Waals surface area (Å²) in [5, 5.41) is 3.27. The Morgan fingerprint density at radius 3 is 2.69 bits per heavy atom. The molecule has 0 aromatic heterocycles. The molecule has 0 aliphatic carbocycles. The number of benzene rings is 1. The van der Waals surface area contributed by atoms with Crippen LogP contribution in [-0.2, 0) is 11.3 Å². The van der Waals surface area contributed by atoms with Crippen molar-refractivity contribution in [2.75, 3.05) is 0 Å². The summed E-state index contributed by atoms with van der Waals surface area (Å²) < 4.78 is 0. The van der Waals surface area contributed by atoms with Crippen LogP contribution in [0.1, 0.15) is 18.9 Å². The summed E-state index contributed by atoms with van der Waals surface area (Å²) in [4.78, 5) is 10.2. The molecule has 1 rings (SSSR count). The molecule has 0 unspecified atom stereocenters. The number of hydrogen-bond acceptors (Lipinski definition) is 2. The minimum Gasteiger partial charge on any atom is -0.310 e. The van der Waals surface area contributed by atoms with Crippen LogP contribution in [0.4, 0.5) is 0 Å². The van der Waals surface area contributed by atoms with Gasteiger partial charge >= 0.3 is 0 Å². The first-order valence-corrected chi connectivity index (χ1v) is 4.54. The van der Waals surface area contributed by atoms with Crippen molar-refractivity contribution >= 4 is 6.29 Å². The molecule has 1 aromatic rings. The highest BCUT2D eigenvalue weighted by atomic mass is 16.1. The van der Waals surface area contributed by atoms with Crippen LogP contribution in [0.5, 0.6) is 0 Å². The lowest BCUT2D eigenvalue weighted by Crippen LogP contribution is -2.25. The lowest BCUT2D eigenvalue weighted by atomic mass is 10.2. The Labute approximate surface area is 79.0 Å². The van der Waals surface area contributed by atoms with E-state index >= 15 is 0 Å². The van der Waals surface area contributed by atoms with E-state index in [2.05, 4.69) is 17.4 Å². The first kappa shape index (κ1) is 9.93. The van der Waals surface area contributed by atoms with Gasteiger partial charge in [0.05, 0.1) is 0 Å². The van der Waals surface area contributed by atoms with E-state index in [0.29, 0.717) is 6.42 Å². The van der Waals surface area contributed by atoms with Gasteiger partial charge in [0.1, 0.15) is 6.29 Å². The SMILES string of the molecule is C[C@@H](CC=O)NCc1ccccc1.